The summed E-state index contributed by atoms with van der Waals surface area (Å²) in [4.78, 5) is 0. The van der Waals surface area contributed by atoms with Crippen LogP contribution in [0.5, 0.6) is 11.5 Å². The number of nitrogens with zero attached hydrogens (tertiary/aromatic N) is 1. The topological polar surface area (TPSA) is 79.4 Å². The average Bonchev–Trinajstić information content (AvgIpc) is 3.23. The Labute approximate surface area is 134 Å². The Hall–Kier alpha value is -2.05. The molecule has 23 heavy (non-hydrogen) atoms. The molecule has 2 heterocycles. The van der Waals surface area contributed by atoms with Gasteiger partial charge in [0.25, 0.3) is 0 Å². The molecule has 0 radical (unpaired) electrons. The molecule has 1 aliphatic heterocycles. The normalized spacial score (nSPS) is 18.0. The molecule has 1 saturated carbocycles. The number of benzene rings is 1. The molecular weight excluding hydrogens is 294 g/mol. The fraction of sp³-hybridized carbons (Fsp3) is 0.471. The highest BCUT2D eigenvalue weighted by molar-refractivity contribution is 5.66. The molecule has 0 atom stereocenters. The molecule has 0 unspecified atom stereocenters. The Balaban J connectivity index is 1.48. The number of hydrogen-bond donors (Lipinski definition) is 3. The molecule has 1 aromatic carbocycles. The molecule has 4 rings (SSSR count). The van der Waals surface area contributed by atoms with Crippen molar-refractivity contribution in [2.45, 2.75) is 19.4 Å². The van der Waals surface area contributed by atoms with Crippen LogP contribution in [0.1, 0.15) is 18.4 Å². The van der Waals surface area contributed by atoms with Crippen LogP contribution in [0.15, 0.2) is 24.4 Å². The summed E-state index contributed by atoms with van der Waals surface area (Å²) in [7, 11) is 0. The van der Waals surface area contributed by atoms with Crippen molar-refractivity contribution in [2.75, 3.05) is 26.4 Å². The lowest BCUT2D eigenvalue weighted by atomic mass is 10.1. The number of nitrogens with one attached hydrogen (secondary N) is 2. The average molecular weight is 315 g/mol. The smallest absolute Gasteiger partial charge is 0.162 e. The molecule has 0 bridgehead atoms. The standard InChI is InChI=1S/C17H21N3O3/c21-11-17(3-4-17)10-18-8-13-9-19-20-16(13)12-1-2-14-15(7-12)23-6-5-22-14/h1-2,7,9,18,21H,3-6,8,10-11H2,(H,19,20). The van der Waals surface area contributed by atoms with Crippen molar-refractivity contribution < 1.29 is 14.6 Å². The van der Waals surface area contributed by atoms with Gasteiger partial charge in [-0.1, -0.05) is 0 Å². The molecule has 2 aromatic rings. The number of ether oxygens (including phenoxy) is 2. The van der Waals surface area contributed by atoms with E-state index in [2.05, 4.69) is 15.5 Å². The Morgan fingerprint density at radius 1 is 1.22 bits per heavy atom. The molecular formula is C17H21N3O3. The van der Waals surface area contributed by atoms with Crippen LogP contribution in [0.3, 0.4) is 0 Å². The number of fused-ring (bicyclic) bond motifs is 1. The molecule has 0 saturated heterocycles. The molecule has 6 nitrogen and oxygen atoms in total. The van der Waals surface area contributed by atoms with E-state index in [4.69, 9.17) is 9.47 Å². The minimum absolute atomic E-state index is 0.112. The van der Waals surface area contributed by atoms with Crippen molar-refractivity contribution in [3.63, 3.8) is 0 Å². The Bertz CT molecular complexity index is 694. The second-order valence-corrected chi connectivity index (χ2v) is 6.39. The molecule has 1 aromatic heterocycles. The second-order valence-electron chi connectivity index (χ2n) is 6.39. The third-order valence-corrected chi connectivity index (χ3v) is 4.66. The monoisotopic (exact) mass is 315 g/mol. The summed E-state index contributed by atoms with van der Waals surface area (Å²) < 4.78 is 11.2. The minimum Gasteiger partial charge on any atom is -0.486 e. The van der Waals surface area contributed by atoms with Crippen LogP contribution < -0.4 is 14.8 Å². The first-order valence-corrected chi connectivity index (χ1v) is 8.04. The fourth-order valence-electron chi connectivity index (χ4n) is 2.92. The molecule has 0 spiro atoms. The van der Waals surface area contributed by atoms with Crippen molar-refractivity contribution in [3.8, 4) is 22.8 Å². The zero-order valence-corrected chi connectivity index (χ0v) is 13.0. The highest BCUT2D eigenvalue weighted by Crippen LogP contribution is 2.44. The summed E-state index contributed by atoms with van der Waals surface area (Å²) in [6, 6.07) is 5.94. The van der Waals surface area contributed by atoms with Crippen LogP contribution in [0.4, 0.5) is 0 Å². The molecule has 122 valence electrons. The van der Waals surface area contributed by atoms with Gasteiger partial charge in [-0.2, -0.15) is 5.10 Å². The molecule has 0 amide bonds. The predicted molar refractivity (Wildman–Crippen MR) is 85.5 cm³/mol. The zero-order chi connectivity index (χ0) is 15.7. The van der Waals surface area contributed by atoms with Gasteiger partial charge >= 0.3 is 0 Å². The van der Waals surface area contributed by atoms with E-state index >= 15 is 0 Å². The number of rotatable bonds is 6. The van der Waals surface area contributed by atoms with Gasteiger partial charge in [0.05, 0.1) is 11.9 Å². The van der Waals surface area contributed by atoms with Crippen molar-refractivity contribution in [3.05, 3.63) is 30.0 Å². The van der Waals surface area contributed by atoms with Crippen LogP contribution >= 0.6 is 0 Å². The first kappa shape index (κ1) is 14.5. The van der Waals surface area contributed by atoms with Gasteiger partial charge in [0, 0.05) is 36.2 Å². The highest BCUT2D eigenvalue weighted by Gasteiger charge is 2.41. The molecule has 2 aliphatic rings. The van der Waals surface area contributed by atoms with Crippen LogP contribution in [-0.4, -0.2) is 41.7 Å². The SMILES string of the molecule is OCC1(CNCc2cn[nH]c2-c2ccc3c(c2)OCCO3)CC1. The van der Waals surface area contributed by atoms with Gasteiger partial charge in [-0.25, -0.2) is 0 Å². The lowest BCUT2D eigenvalue weighted by molar-refractivity contribution is 0.171. The summed E-state index contributed by atoms with van der Waals surface area (Å²) in [5.41, 5.74) is 3.24. The van der Waals surface area contributed by atoms with Gasteiger partial charge in [0.1, 0.15) is 13.2 Å². The lowest BCUT2D eigenvalue weighted by Gasteiger charge is -2.19. The Morgan fingerprint density at radius 3 is 2.83 bits per heavy atom. The minimum atomic E-state index is 0.112. The van der Waals surface area contributed by atoms with Crippen LogP contribution in [0, 0.1) is 5.41 Å². The summed E-state index contributed by atoms with van der Waals surface area (Å²) in [6.45, 7) is 3.01. The number of aromatic nitrogens is 2. The maximum Gasteiger partial charge on any atom is 0.162 e. The van der Waals surface area contributed by atoms with E-state index in [1.807, 2.05) is 24.4 Å². The summed E-state index contributed by atoms with van der Waals surface area (Å²) in [5.74, 6) is 1.57. The third kappa shape index (κ3) is 2.92. The van der Waals surface area contributed by atoms with Crippen molar-refractivity contribution in [1.29, 1.82) is 0 Å². The fourth-order valence-corrected chi connectivity index (χ4v) is 2.92. The van der Waals surface area contributed by atoms with E-state index in [-0.39, 0.29) is 12.0 Å². The lowest BCUT2D eigenvalue weighted by Crippen LogP contribution is -2.26. The molecule has 1 aliphatic carbocycles. The Morgan fingerprint density at radius 2 is 2.04 bits per heavy atom. The van der Waals surface area contributed by atoms with Gasteiger partial charge < -0.3 is 19.9 Å². The van der Waals surface area contributed by atoms with Crippen LogP contribution in [0.25, 0.3) is 11.3 Å². The Kier molecular flexibility index (Phi) is 3.71. The van der Waals surface area contributed by atoms with Crippen molar-refractivity contribution in [1.82, 2.24) is 15.5 Å². The van der Waals surface area contributed by atoms with Crippen molar-refractivity contribution >= 4 is 0 Å². The van der Waals surface area contributed by atoms with E-state index in [1.165, 1.54) is 0 Å². The van der Waals surface area contributed by atoms with Gasteiger partial charge in [0.15, 0.2) is 11.5 Å². The van der Waals surface area contributed by atoms with E-state index in [0.717, 1.165) is 54.3 Å². The van der Waals surface area contributed by atoms with Gasteiger partial charge in [0.2, 0.25) is 0 Å². The quantitative estimate of drug-likeness (QED) is 0.756. The van der Waals surface area contributed by atoms with Gasteiger partial charge in [-0.05, 0) is 31.0 Å². The second kappa shape index (κ2) is 5.86. The van der Waals surface area contributed by atoms with Gasteiger partial charge in [-0.3, -0.25) is 5.10 Å². The first-order chi connectivity index (χ1) is 11.3. The van der Waals surface area contributed by atoms with Crippen molar-refractivity contribution in [2.24, 2.45) is 5.41 Å². The number of H-pyrrole nitrogens is 1. The first-order valence-electron chi connectivity index (χ1n) is 8.04. The maximum absolute atomic E-state index is 9.37. The number of aliphatic hydroxyl groups excluding tert-OH is 1. The number of aliphatic hydroxyl groups is 1. The third-order valence-electron chi connectivity index (χ3n) is 4.66. The highest BCUT2D eigenvalue weighted by atomic mass is 16.6. The molecule has 6 heteroatoms. The van der Waals surface area contributed by atoms with Crippen LogP contribution in [0.2, 0.25) is 0 Å². The van der Waals surface area contributed by atoms with E-state index in [1.54, 1.807) is 0 Å². The van der Waals surface area contributed by atoms with Crippen LogP contribution in [-0.2, 0) is 6.54 Å². The predicted octanol–water partition coefficient (Wildman–Crippen LogP) is 1.71. The van der Waals surface area contributed by atoms with Gasteiger partial charge in [-0.15, -0.1) is 0 Å². The summed E-state index contributed by atoms with van der Waals surface area (Å²) in [6.07, 6.45) is 4.06. The molecule has 3 N–H and O–H groups in total. The number of hydrogen-bond acceptors (Lipinski definition) is 5. The summed E-state index contributed by atoms with van der Waals surface area (Å²) >= 11 is 0. The van der Waals surface area contributed by atoms with E-state index < -0.39 is 0 Å². The maximum atomic E-state index is 9.37. The van der Waals surface area contributed by atoms with E-state index in [0.29, 0.717) is 13.2 Å². The number of aromatic amines is 1. The largest absolute Gasteiger partial charge is 0.486 e. The zero-order valence-electron chi connectivity index (χ0n) is 13.0. The summed E-state index contributed by atoms with van der Waals surface area (Å²) in [5, 5.41) is 20.1. The molecule has 1 fully saturated rings. The van der Waals surface area contributed by atoms with E-state index in [9.17, 15) is 5.11 Å².